The summed E-state index contributed by atoms with van der Waals surface area (Å²) in [6.45, 7) is 0.215. The minimum atomic E-state index is -1.18. The van der Waals surface area contributed by atoms with Gasteiger partial charge in [0, 0.05) is 24.6 Å². The van der Waals surface area contributed by atoms with Gasteiger partial charge in [-0.3, -0.25) is 9.48 Å². The molecule has 178 valence electrons. The van der Waals surface area contributed by atoms with Gasteiger partial charge in [-0.25, -0.2) is 9.59 Å². The lowest BCUT2D eigenvalue weighted by Crippen LogP contribution is -2.34. The molecule has 0 spiro atoms. The summed E-state index contributed by atoms with van der Waals surface area (Å²) in [7, 11) is 1.49. The van der Waals surface area contributed by atoms with Crippen molar-refractivity contribution < 1.29 is 24.2 Å². The molecule has 1 atom stereocenters. The number of carboxylic acid groups (broad SMARTS) is 1. The van der Waals surface area contributed by atoms with Crippen molar-refractivity contribution in [2.75, 3.05) is 11.9 Å². The maximum absolute atomic E-state index is 12.6. The molecule has 2 aliphatic carbocycles. The molecule has 2 amide bonds. The lowest BCUT2D eigenvalue weighted by molar-refractivity contribution is -0.113. The molecule has 9 heteroatoms. The fourth-order valence-corrected chi connectivity index (χ4v) is 4.80. The van der Waals surface area contributed by atoms with Gasteiger partial charge in [0.25, 0.3) is 5.91 Å². The zero-order valence-electron chi connectivity index (χ0n) is 19.0. The largest absolute Gasteiger partial charge is 0.476 e. The summed E-state index contributed by atoms with van der Waals surface area (Å²) in [6.07, 6.45) is 3.29. The van der Waals surface area contributed by atoms with Crippen LogP contribution in [0.15, 0.2) is 66.4 Å². The highest BCUT2D eigenvalue weighted by molar-refractivity contribution is 6.07. The van der Waals surface area contributed by atoms with E-state index in [9.17, 15) is 19.5 Å². The van der Waals surface area contributed by atoms with Crippen LogP contribution in [-0.4, -0.2) is 45.5 Å². The molecule has 0 bridgehead atoms. The maximum atomic E-state index is 12.6. The number of ether oxygens (including phenoxy) is 1. The number of amides is 2. The lowest BCUT2D eigenvalue weighted by Gasteiger charge is -2.17. The Morgan fingerprint density at radius 3 is 2.40 bits per heavy atom. The number of carbonyl (C=O) groups excluding carboxylic acids is 2. The highest BCUT2D eigenvalue weighted by Crippen LogP contribution is 2.44. The summed E-state index contributed by atoms with van der Waals surface area (Å²) in [5.41, 5.74) is 5.08. The summed E-state index contributed by atoms with van der Waals surface area (Å²) >= 11 is 0. The van der Waals surface area contributed by atoms with Gasteiger partial charge < -0.3 is 20.5 Å². The average molecular weight is 473 g/mol. The molecule has 1 heterocycles. The van der Waals surface area contributed by atoms with Crippen LogP contribution in [0.2, 0.25) is 0 Å². The fourth-order valence-electron chi connectivity index (χ4n) is 4.80. The van der Waals surface area contributed by atoms with E-state index in [1.54, 1.807) is 6.08 Å². The molecule has 0 saturated carbocycles. The van der Waals surface area contributed by atoms with Crippen molar-refractivity contribution in [1.82, 2.24) is 15.1 Å². The van der Waals surface area contributed by atoms with Crippen LogP contribution in [0.4, 0.5) is 10.5 Å². The van der Waals surface area contributed by atoms with Crippen LogP contribution in [0, 0.1) is 0 Å². The highest BCUT2D eigenvalue weighted by Gasteiger charge is 2.30. The number of carbonyl (C=O) groups is 3. The number of anilines is 1. The Bertz CT molecular complexity index is 1310. The Hall–Kier alpha value is -4.40. The molecular formula is C26H24N4O5. The van der Waals surface area contributed by atoms with Crippen molar-refractivity contribution in [3.8, 4) is 11.1 Å². The van der Waals surface area contributed by atoms with Gasteiger partial charge in [0.1, 0.15) is 6.61 Å². The zero-order chi connectivity index (χ0) is 24.5. The fraction of sp³-hybridized carbons (Fsp3) is 0.231. The average Bonchev–Trinajstić information content (AvgIpc) is 3.54. The Morgan fingerprint density at radius 2 is 1.74 bits per heavy atom. The predicted molar refractivity (Wildman–Crippen MR) is 128 cm³/mol. The van der Waals surface area contributed by atoms with Crippen LogP contribution in [0.25, 0.3) is 11.1 Å². The first-order valence-electron chi connectivity index (χ1n) is 11.3. The van der Waals surface area contributed by atoms with E-state index in [4.69, 9.17) is 4.74 Å². The second-order valence-electron chi connectivity index (χ2n) is 8.63. The highest BCUT2D eigenvalue weighted by atomic mass is 16.5. The molecule has 2 aromatic carbocycles. The minimum absolute atomic E-state index is 0.0286. The summed E-state index contributed by atoms with van der Waals surface area (Å²) in [6, 6.07) is 16.0. The topological polar surface area (TPSA) is 123 Å². The van der Waals surface area contributed by atoms with Gasteiger partial charge in [-0.1, -0.05) is 54.6 Å². The first-order valence-corrected chi connectivity index (χ1v) is 11.3. The van der Waals surface area contributed by atoms with Crippen LogP contribution < -0.4 is 10.6 Å². The van der Waals surface area contributed by atoms with E-state index in [0.717, 1.165) is 22.3 Å². The smallest absolute Gasteiger partial charge is 0.407 e. The maximum Gasteiger partial charge on any atom is 0.407 e. The second kappa shape index (κ2) is 9.09. The van der Waals surface area contributed by atoms with Crippen LogP contribution in [-0.2, 0) is 16.6 Å². The number of hydrogen-bond acceptors (Lipinski definition) is 5. The van der Waals surface area contributed by atoms with Crippen molar-refractivity contribution in [3.05, 3.63) is 83.2 Å². The summed E-state index contributed by atoms with van der Waals surface area (Å²) < 4.78 is 6.77. The molecule has 0 saturated heterocycles. The zero-order valence-corrected chi connectivity index (χ0v) is 19.0. The molecule has 0 radical (unpaired) electrons. The van der Waals surface area contributed by atoms with Crippen molar-refractivity contribution >= 4 is 23.7 Å². The van der Waals surface area contributed by atoms with E-state index < -0.39 is 18.0 Å². The number of aryl methyl sites for hydroxylation is 1. The SMILES string of the molecule is Cn1ncc(NC(=O)C2=CCC(NC(=O)OCC3c4ccccc4-c4ccccc43)C2)c1C(=O)O. The number of aromatic carboxylic acids is 1. The van der Waals surface area contributed by atoms with Crippen molar-refractivity contribution in [2.24, 2.45) is 7.05 Å². The number of rotatable bonds is 6. The molecule has 3 aromatic rings. The van der Waals surface area contributed by atoms with Gasteiger partial charge in [-0.15, -0.1) is 0 Å². The van der Waals surface area contributed by atoms with Crippen molar-refractivity contribution in [2.45, 2.75) is 24.8 Å². The number of fused-ring (bicyclic) bond motifs is 3. The molecule has 0 aliphatic heterocycles. The molecule has 1 aromatic heterocycles. The van der Waals surface area contributed by atoms with Gasteiger partial charge in [0.15, 0.2) is 5.69 Å². The molecule has 3 N–H and O–H groups in total. The third kappa shape index (κ3) is 4.28. The lowest BCUT2D eigenvalue weighted by atomic mass is 9.98. The number of aromatic nitrogens is 2. The Balaban J connectivity index is 1.16. The number of alkyl carbamates (subject to hydrolysis) is 1. The van der Waals surface area contributed by atoms with Crippen LogP contribution in [0.1, 0.15) is 40.4 Å². The predicted octanol–water partition coefficient (Wildman–Crippen LogP) is 3.68. The molecule has 2 aliphatic rings. The van der Waals surface area contributed by atoms with E-state index >= 15 is 0 Å². The minimum Gasteiger partial charge on any atom is -0.476 e. The number of hydrogen-bond donors (Lipinski definition) is 3. The third-order valence-corrected chi connectivity index (χ3v) is 6.46. The molecular weight excluding hydrogens is 448 g/mol. The standard InChI is InChI=1S/C26H24N4O5/c1-30-23(25(32)33)22(13-27-30)29-24(31)15-10-11-16(12-15)28-26(34)35-14-21-19-8-4-2-6-17(19)18-7-3-5-9-20(18)21/h2-10,13,16,21H,11-12,14H2,1H3,(H,28,34)(H,29,31)(H,32,33). The third-order valence-electron chi connectivity index (χ3n) is 6.46. The van der Waals surface area contributed by atoms with Crippen LogP contribution in [0.5, 0.6) is 0 Å². The summed E-state index contributed by atoms with van der Waals surface area (Å²) in [5, 5.41) is 18.6. The van der Waals surface area contributed by atoms with Crippen LogP contribution >= 0.6 is 0 Å². The van der Waals surface area contributed by atoms with Gasteiger partial charge in [-0.2, -0.15) is 5.10 Å². The van der Waals surface area contributed by atoms with Crippen molar-refractivity contribution in [3.63, 3.8) is 0 Å². The second-order valence-corrected chi connectivity index (χ2v) is 8.63. The van der Waals surface area contributed by atoms with Crippen LogP contribution in [0.3, 0.4) is 0 Å². The quantitative estimate of drug-likeness (QED) is 0.503. The molecule has 1 unspecified atom stereocenters. The molecule has 5 rings (SSSR count). The Kier molecular flexibility index (Phi) is 5.82. The summed E-state index contributed by atoms with van der Waals surface area (Å²) in [5.74, 6) is -1.63. The first kappa shape index (κ1) is 22.4. The Morgan fingerprint density at radius 1 is 1.09 bits per heavy atom. The summed E-state index contributed by atoms with van der Waals surface area (Å²) in [4.78, 5) is 36.5. The monoisotopic (exact) mass is 472 g/mol. The number of nitrogens with one attached hydrogen (secondary N) is 2. The van der Waals surface area contributed by atoms with Gasteiger partial charge in [0.05, 0.1) is 11.9 Å². The van der Waals surface area contributed by atoms with Gasteiger partial charge in [-0.05, 0) is 35.1 Å². The molecule has 0 fully saturated rings. The number of carboxylic acids is 1. The van der Waals surface area contributed by atoms with E-state index in [1.807, 2.05) is 24.3 Å². The normalized spacial score (nSPS) is 16.3. The van der Waals surface area contributed by atoms with Gasteiger partial charge >= 0.3 is 12.1 Å². The van der Waals surface area contributed by atoms with E-state index in [2.05, 4.69) is 40.0 Å². The van der Waals surface area contributed by atoms with Gasteiger partial charge in [0.2, 0.25) is 0 Å². The molecule has 9 nitrogen and oxygen atoms in total. The van der Waals surface area contributed by atoms with Crippen molar-refractivity contribution in [1.29, 1.82) is 0 Å². The Labute approximate surface area is 201 Å². The molecule has 35 heavy (non-hydrogen) atoms. The van der Waals surface area contributed by atoms with E-state index in [-0.39, 0.29) is 29.9 Å². The van der Waals surface area contributed by atoms with E-state index in [0.29, 0.717) is 18.4 Å². The number of nitrogens with zero attached hydrogens (tertiary/aromatic N) is 2. The first-order chi connectivity index (χ1) is 16.9. The number of benzene rings is 2. The van der Waals surface area contributed by atoms with E-state index in [1.165, 1.54) is 17.9 Å².